The molecule has 8 heteroatoms. The van der Waals surface area contributed by atoms with Gasteiger partial charge in [0, 0.05) is 25.2 Å². The summed E-state index contributed by atoms with van der Waals surface area (Å²) in [5, 5.41) is 7.38. The Labute approximate surface area is 286 Å². The van der Waals surface area contributed by atoms with Gasteiger partial charge in [-0.25, -0.2) is 29.9 Å². The van der Waals surface area contributed by atoms with Crippen molar-refractivity contribution >= 4 is 54.6 Å². The molecule has 236 valence electrons. The minimum Gasteiger partial charge on any atom is -0.312 e. The van der Waals surface area contributed by atoms with E-state index < -0.39 is 0 Å². The molecule has 0 unspecified atom stereocenters. The number of rotatable bonds is 4. The monoisotopic (exact) mass is 644 g/mol. The number of aromatic nitrogens is 8. The molecule has 0 saturated heterocycles. The van der Waals surface area contributed by atoms with Gasteiger partial charge in [-0.3, -0.25) is 0 Å². The minimum absolute atomic E-state index is 0.786. The molecule has 0 bridgehead atoms. The molecule has 0 aliphatic heterocycles. The van der Waals surface area contributed by atoms with Crippen LogP contribution < -0.4 is 0 Å². The molecule has 8 nitrogen and oxygen atoms in total. The molecule has 10 aromatic rings. The normalized spacial score (nSPS) is 11.8. The predicted octanol–water partition coefficient (Wildman–Crippen LogP) is 9.17. The van der Waals surface area contributed by atoms with Crippen molar-refractivity contribution in [2.45, 2.75) is 0 Å². The molecule has 50 heavy (non-hydrogen) atoms. The molecular weight excluding hydrogens is 617 g/mol. The molecule has 6 aromatic carbocycles. The van der Waals surface area contributed by atoms with Crippen LogP contribution in [0, 0.1) is 0 Å². The topological polar surface area (TPSA) is 87.2 Å². The Morgan fingerprint density at radius 2 is 0.880 bits per heavy atom. The fourth-order valence-corrected chi connectivity index (χ4v) is 7.44. The Morgan fingerprint density at radius 1 is 0.420 bits per heavy atom. The summed E-state index contributed by atoms with van der Waals surface area (Å²) in [7, 11) is 3.99. The van der Waals surface area contributed by atoms with Crippen molar-refractivity contribution in [2.75, 3.05) is 0 Å². The first kappa shape index (κ1) is 28.2. The largest absolute Gasteiger partial charge is 0.312 e. The van der Waals surface area contributed by atoms with Gasteiger partial charge < -0.3 is 9.13 Å². The number of fused-ring (bicyclic) bond motifs is 7. The number of aryl methyl sites for hydroxylation is 2. The highest BCUT2D eigenvalue weighted by molar-refractivity contribution is 6.22. The summed E-state index contributed by atoms with van der Waals surface area (Å²) in [6, 6.07) is 39.6. The van der Waals surface area contributed by atoms with Crippen LogP contribution in [0.4, 0.5) is 0 Å². The summed E-state index contributed by atoms with van der Waals surface area (Å²) >= 11 is 0. The zero-order valence-corrected chi connectivity index (χ0v) is 27.3. The van der Waals surface area contributed by atoms with Gasteiger partial charge in [-0.1, -0.05) is 103 Å². The van der Waals surface area contributed by atoms with E-state index in [9.17, 15) is 0 Å². The van der Waals surface area contributed by atoms with E-state index in [1.54, 1.807) is 25.0 Å². The maximum atomic E-state index is 4.81. The fraction of sp³-hybridized carbons (Fsp3) is 0.0476. The van der Waals surface area contributed by atoms with E-state index in [4.69, 9.17) is 9.97 Å². The van der Waals surface area contributed by atoms with Crippen molar-refractivity contribution in [2.24, 2.45) is 14.1 Å². The zero-order chi connectivity index (χ0) is 33.3. The standard InChI is InChI=1S/C42H28N8/c1-49-39(47-37-21-43-23-45-41(37)49)27-14-10-25(11-15-27)29-8-5-9-32-33(29)18-19-34-30-6-3-4-7-31(30)35(20-36(32)34)26-12-16-28(17-13-26)40-48-38-22-44-24-46-42(38)50(40)2/h3-24H,1-2H3. The quantitative estimate of drug-likeness (QED) is 0.178. The van der Waals surface area contributed by atoms with E-state index in [1.807, 2.05) is 23.2 Å². The van der Waals surface area contributed by atoms with Crippen molar-refractivity contribution in [1.82, 2.24) is 39.0 Å². The van der Waals surface area contributed by atoms with Crippen LogP contribution in [0.15, 0.2) is 134 Å². The Hall–Kier alpha value is -6.80. The molecule has 4 aromatic heterocycles. The molecule has 0 fully saturated rings. The highest BCUT2D eigenvalue weighted by atomic mass is 15.1. The van der Waals surface area contributed by atoms with E-state index in [0.29, 0.717) is 0 Å². The van der Waals surface area contributed by atoms with Gasteiger partial charge in [0.15, 0.2) is 11.3 Å². The molecule has 4 heterocycles. The summed E-state index contributed by atoms with van der Waals surface area (Å²) < 4.78 is 4.03. The van der Waals surface area contributed by atoms with Gasteiger partial charge in [-0.05, 0) is 60.6 Å². The number of hydrogen-bond acceptors (Lipinski definition) is 6. The van der Waals surface area contributed by atoms with Gasteiger partial charge in [0.05, 0.1) is 12.4 Å². The number of benzene rings is 6. The van der Waals surface area contributed by atoms with Crippen LogP contribution in [0.25, 0.3) is 99.7 Å². The maximum absolute atomic E-state index is 4.81. The molecule has 0 atom stereocenters. The lowest BCUT2D eigenvalue weighted by molar-refractivity contribution is 0.939. The number of hydrogen-bond donors (Lipinski definition) is 0. The molecule has 0 amide bonds. The Bertz CT molecular complexity index is 2940. The first-order valence-electron chi connectivity index (χ1n) is 16.5. The van der Waals surface area contributed by atoms with Crippen LogP contribution >= 0.6 is 0 Å². The van der Waals surface area contributed by atoms with Crippen molar-refractivity contribution in [3.8, 4) is 45.0 Å². The Morgan fingerprint density at radius 3 is 1.48 bits per heavy atom. The molecule has 0 spiro atoms. The lowest BCUT2D eigenvalue weighted by Crippen LogP contribution is -1.94. The molecule has 10 rings (SSSR count). The van der Waals surface area contributed by atoms with Crippen molar-refractivity contribution in [1.29, 1.82) is 0 Å². The summed E-state index contributed by atoms with van der Waals surface area (Å²) in [4.78, 5) is 26.7. The van der Waals surface area contributed by atoms with Gasteiger partial charge >= 0.3 is 0 Å². The third-order valence-corrected chi connectivity index (χ3v) is 9.88. The van der Waals surface area contributed by atoms with E-state index >= 15 is 0 Å². The lowest BCUT2D eigenvalue weighted by atomic mass is 9.89. The van der Waals surface area contributed by atoms with E-state index in [-0.39, 0.29) is 0 Å². The number of nitrogens with zero attached hydrogens (tertiary/aromatic N) is 8. The third kappa shape index (κ3) is 4.25. The van der Waals surface area contributed by atoms with E-state index in [0.717, 1.165) is 56.2 Å². The lowest BCUT2D eigenvalue weighted by Gasteiger charge is -2.15. The van der Waals surface area contributed by atoms with Crippen molar-refractivity contribution in [3.63, 3.8) is 0 Å². The second-order valence-corrected chi connectivity index (χ2v) is 12.6. The first-order valence-corrected chi connectivity index (χ1v) is 16.5. The van der Waals surface area contributed by atoms with Gasteiger partial charge in [0.2, 0.25) is 0 Å². The minimum atomic E-state index is 0.786. The Balaban J connectivity index is 1.09. The van der Waals surface area contributed by atoms with Crippen LogP contribution in [0.3, 0.4) is 0 Å². The van der Waals surface area contributed by atoms with Crippen molar-refractivity contribution < 1.29 is 0 Å². The van der Waals surface area contributed by atoms with Crippen LogP contribution in [0.2, 0.25) is 0 Å². The highest BCUT2D eigenvalue weighted by Gasteiger charge is 2.16. The van der Waals surface area contributed by atoms with Crippen LogP contribution in [0.5, 0.6) is 0 Å². The van der Waals surface area contributed by atoms with Crippen LogP contribution in [-0.4, -0.2) is 39.0 Å². The highest BCUT2D eigenvalue weighted by Crippen LogP contribution is 2.41. The van der Waals surface area contributed by atoms with Crippen LogP contribution in [-0.2, 0) is 14.1 Å². The summed E-state index contributed by atoms with van der Waals surface area (Å²) in [6.45, 7) is 0. The SMILES string of the molecule is Cn1c(-c2ccc(-c3cc4c5cccc(-c6ccc(-c7nc8cncnc8n7C)cc6)c5ccc4c4ccccc34)cc2)nc2cncnc21. The molecular formula is C42H28N8. The van der Waals surface area contributed by atoms with Gasteiger partial charge in [0.1, 0.15) is 35.3 Å². The van der Waals surface area contributed by atoms with Crippen LogP contribution in [0.1, 0.15) is 0 Å². The second-order valence-electron chi connectivity index (χ2n) is 12.6. The number of imidazole rings is 2. The van der Waals surface area contributed by atoms with E-state index in [2.05, 4.69) is 129 Å². The third-order valence-electron chi connectivity index (χ3n) is 9.88. The van der Waals surface area contributed by atoms with Gasteiger partial charge in [-0.2, -0.15) is 0 Å². The summed E-state index contributed by atoms with van der Waals surface area (Å²) in [6.07, 6.45) is 6.63. The average molecular weight is 645 g/mol. The molecule has 0 radical (unpaired) electrons. The fourth-order valence-electron chi connectivity index (χ4n) is 7.44. The molecule has 0 N–H and O–H groups in total. The summed E-state index contributed by atoms with van der Waals surface area (Å²) in [5.74, 6) is 1.73. The average Bonchev–Trinajstić information content (AvgIpc) is 3.70. The van der Waals surface area contributed by atoms with Crippen molar-refractivity contribution in [3.05, 3.63) is 134 Å². The summed E-state index contributed by atoms with van der Waals surface area (Å²) in [5.41, 5.74) is 9.98. The zero-order valence-electron chi connectivity index (χ0n) is 27.3. The molecule has 0 aliphatic rings. The molecule has 0 aliphatic carbocycles. The van der Waals surface area contributed by atoms with E-state index in [1.165, 1.54) is 43.4 Å². The van der Waals surface area contributed by atoms with Gasteiger partial charge in [-0.15, -0.1) is 0 Å². The first-order chi connectivity index (χ1) is 24.6. The molecule has 0 saturated carbocycles. The Kier molecular flexibility index (Phi) is 6.13. The predicted molar refractivity (Wildman–Crippen MR) is 200 cm³/mol. The maximum Gasteiger partial charge on any atom is 0.163 e. The smallest absolute Gasteiger partial charge is 0.163 e. The second kappa shape index (κ2) is 10.9. The van der Waals surface area contributed by atoms with Gasteiger partial charge in [0.25, 0.3) is 0 Å².